The van der Waals surface area contributed by atoms with Crippen LogP contribution in [-0.4, -0.2) is 24.1 Å². The normalized spacial score (nSPS) is 12.1. The molecule has 1 heterocycles. The van der Waals surface area contributed by atoms with Crippen LogP contribution < -0.4 is 5.43 Å². The van der Waals surface area contributed by atoms with Gasteiger partial charge in [0.1, 0.15) is 0 Å². The molecule has 1 rings (SSSR count). The van der Waals surface area contributed by atoms with Crippen molar-refractivity contribution in [1.29, 1.82) is 0 Å². The van der Waals surface area contributed by atoms with Gasteiger partial charge in [-0.2, -0.15) is 13.2 Å². The monoisotopic (exact) mass is 219 g/mol. The Kier molecular flexibility index (Phi) is 3.65. The van der Waals surface area contributed by atoms with E-state index in [1.807, 2.05) is 0 Å². The average molecular weight is 219 g/mol. The highest BCUT2D eigenvalue weighted by Crippen LogP contribution is 2.28. The van der Waals surface area contributed by atoms with Gasteiger partial charge in [-0.15, -0.1) is 0 Å². The molecule has 15 heavy (non-hydrogen) atoms. The number of rotatable bonds is 3. The average Bonchev–Trinajstić information content (AvgIpc) is 2.14. The summed E-state index contributed by atoms with van der Waals surface area (Å²) in [7, 11) is 3.59. The predicted molar refractivity (Wildman–Crippen MR) is 49.8 cm³/mol. The van der Waals surface area contributed by atoms with Crippen LogP contribution in [-0.2, 0) is 12.7 Å². The molecule has 0 aliphatic heterocycles. The van der Waals surface area contributed by atoms with Gasteiger partial charge in [-0.3, -0.25) is 9.99 Å². The molecule has 6 heteroatoms. The Morgan fingerprint density at radius 2 is 2.00 bits per heavy atom. The Hall–Kier alpha value is -1.14. The molecule has 0 spiro atoms. The fourth-order valence-corrected chi connectivity index (χ4v) is 0.936. The Balaban J connectivity index is 2.65. The summed E-state index contributed by atoms with van der Waals surface area (Å²) in [6.07, 6.45) is -3.48. The van der Waals surface area contributed by atoms with E-state index in [0.717, 1.165) is 12.3 Å². The number of aromatic nitrogens is 1. The summed E-state index contributed by atoms with van der Waals surface area (Å²) in [6.45, 7) is 0.408. The van der Waals surface area contributed by atoms with Gasteiger partial charge in [-0.1, -0.05) is 0 Å². The molecule has 0 atom stereocenters. The molecule has 0 amide bonds. The number of hydrogen-bond acceptors (Lipinski definition) is 3. The van der Waals surface area contributed by atoms with Crippen LogP contribution in [0.2, 0.25) is 0 Å². The summed E-state index contributed by atoms with van der Waals surface area (Å²) in [5, 5.41) is 1.71. The lowest BCUT2D eigenvalue weighted by molar-refractivity contribution is -0.137. The third kappa shape index (κ3) is 3.85. The number of hydrazine groups is 1. The minimum absolute atomic E-state index is 0.408. The standard InChI is InChI=1S/C9H12F3N3/c1-15(2)14-6-8-4-3-7(5-13-8)9(10,11)12/h3-5,14H,6H2,1-2H3. The van der Waals surface area contributed by atoms with Gasteiger partial charge < -0.3 is 0 Å². The van der Waals surface area contributed by atoms with Gasteiger partial charge in [0.2, 0.25) is 0 Å². The SMILES string of the molecule is CN(C)NCc1ccc(C(F)(F)F)cn1. The highest BCUT2D eigenvalue weighted by molar-refractivity contribution is 5.16. The van der Waals surface area contributed by atoms with Gasteiger partial charge in [0, 0.05) is 20.3 Å². The third-order valence-electron chi connectivity index (χ3n) is 1.73. The molecule has 0 fully saturated rings. The fraction of sp³-hybridized carbons (Fsp3) is 0.444. The summed E-state index contributed by atoms with van der Waals surface area (Å²) in [5.74, 6) is 0. The number of hydrogen-bond donors (Lipinski definition) is 1. The first-order valence-electron chi connectivity index (χ1n) is 4.32. The molecule has 0 radical (unpaired) electrons. The van der Waals surface area contributed by atoms with E-state index in [0.29, 0.717) is 12.2 Å². The van der Waals surface area contributed by atoms with Crippen LogP contribution in [0.15, 0.2) is 18.3 Å². The topological polar surface area (TPSA) is 28.2 Å². The van der Waals surface area contributed by atoms with E-state index in [1.165, 1.54) is 6.07 Å². The number of halogens is 3. The quantitative estimate of drug-likeness (QED) is 0.784. The van der Waals surface area contributed by atoms with Crippen molar-refractivity contribution >= 4 is 0 Å². The lowest BCUT2D eigenvalue weighted by atomic mass is 10.2. The van der Waals surface area contributed by atoms with Crippen molar-refractivity contribution in [3.05, 3.63) is 29.6 Å². The zero-order chi connectivity index (χ0) is 11.5. The smallest absolute Gasteiger partial charge is 0.259 e. The highest BCUT2D eigenvalue weighted by atomic mass is 19.4. The number of alkyl halides is 3. The Morgan fingerprint density at radius 1 is 1.33 bits per heavy atom. The summed E-state index contributed by atoms with van der Waals surface area (Å²) < 4.78 is 36.5. The first-order chi connectivity index (χ1) is 6.89. The molecular formula is C9H12F3N3. The Bertz CT molecular complexity index is 305. The molecule has 1 aromatic heterocycles. The van der Waals surface area contributed by atoms with Gasteiger partial charge in [0.25, 0.3) is 0 Å². The second-order valence-electron chi connectivity index (χ2n) is 3.27. The van der Waals surface area contributed by atoms with Crippen LogP contribution in [0.1, 0.15) is 11.3 Å². The summed E-state index contributed by atoms with van der Waals surface area (Å²) in [5.41, 5.74) is 2.75. The van der Waals surface area contributed by atoms with Gasteiger partial charge >= 0.3 is 6.18 Å². The van der Waals surface area contributed by atoms with E-state index in [-0.39, 0.29) is 0 Å². The summed E-state index contributed by atoms with van der Waals surface area (Å²) in [4.78, 5) is 3.71. The zero-order valence-corrected chi connectivity index (χ0v) is 8.47. The second-order valence-corrected chi connectivity index (χ2v) is 3.27. The summed E-state index contributed by atoms with van der Waals surface area (Å²) in [6, 6.07) is 2.39. The van der Waals surface area contributed by atoms with Crippen LogP contribution in [0.5, 0.6) is 0 Å². The first kappa shape index (κ1) is 11.9. The van der Waals surface area contributed by atoms with E-state index in [4.69, 9.17) is 0 Å². The number of nitrogens with one attached hydrogen (secondary N) is 1. The largest absolute Gasteiger partial charge is 0.417 e. The second kappa shape index (κ2) is 4.59. The van der Waals surface area contributed by atoms with Crippen LogP contribution in [0.4, 0.5) is 13.2 Å². The molecule has 1 N–H and O–H groups in total. The maximum atomic E-state index is 12.2. The van der Waals surface area contributed by atoms with Crippen molar-refractivity contribution in [2.45, 2.75) is 12.7 Å². The van der Waals surface area contributed by atoms with Gasteiger partial charge in [0.15, 0.2) is 0 Å². The van der Waals surface area contributed by atoms with Gasteiger partial charge in [-0.05, 0) is 12.1 Å². The molecule has 0 unspecified atom stereocenters. The molecule has 0 aliphatic carbocycles. The molecule has 1 aromatic rings. The van der Waals surface area contributed by atoms with Crippen molar-refractivity contribution < 1.29 is 13.2 Å². The van der Waals surface area contributed by atoms with Gasteiger partial charge in [0.05, 0.1) is 17.8 Å². The molecule has 0 saturated carbocycles. The Morgan fingerprint density at radius 3 is 2.40 bits per heavy atom. The molecule has 84 valence electrons. The van der Waals surface area contributed by atoms with Gasteiger partial charge in [-0.25, -0.2) is 5.43 Å². The zero-order valence-electron chi connectivity index (χ0n) is 8.47. The molecular weight excluding hydrogens is 207 g/mol. The molecule has 0 aromatic carbocycles. The third-order valence-corrected chi connectivity index (χ3v) is 1.73. The summed E-state index contributed by atoms with van der Waals surface area (Å²) >= 11 is 0. The van der Waals surface area contributed by atoms with Crippen molar-refractivity contribution in [2.75, 3.05) is 14.1 Å². The van der Waals surface area contributed by atoms with E-state index in [2.05, 4.69) is 10.4 Å². The van der Waals surface area contributed by atoms with E-state index in [9.17, 15) is 13.2 Å². The van der Waals surface area contributed by atoms with Crippen LogP contribution in [0.25, 0.3) is 0 Å². The maximum absolute atomic E-state index is 12.2. The minimum atomic E-state index is -4.32. The number of pyridine rings is 1. The molecule has 0 aliphatic rings. The van der Waals surface area contributed by atoms with Crippen molar-refractivity contribution in [3.63, 3.8) is 0 Å². The van der Waals surface area contributed by atoms with Crippen LogP contribution >= 0.6 is 0 Å². The number of nitrogens with zero attached hydrogens (tertiary/aromatic N) is 2. The van der Waals surface area contributed by atoms with E-state index >= 15 is 0 Å². The molecule has 0 saturated heterocycles. The lowest BCUT2D eigenvalue weighted by Crippen LogP contribution is -2.29. The van der Waals surface area contributed by atoms with Crippen LogP contribution in [0.3, 0.4) is 0 Å². The van der Waals surface area contributed by atoms with Crippen molar-refractivity contribution in [2.24, 2.45) is 0 Å². The molecule has 3 nitrogen and oxygen atoms in total. The fourth-order valence-electron chi connectivity index (χ4n) is 0.936. The van der Waals surface area contributed by atoms with E-state index in [1.54, 1.807) is 19.1 Å². The maximum Gasteiger partial charge on any atom is 0.417 e. The molecule has 0 bridgehead atoms. The predicted octanol–water partition coefficient (Wildman–Crippen LogP) is 1.67. The van der Waals surface area contributed by atoms with Crippen molar-refractivity contribution in [1.82, 2.24) is 15.4 Å². The van der Waals surface area contributed by atoms with E-state index < -0.39 is 11.7 Å². The highest BCUT2D eigenvalue weighted by Gasteiger charge is 2.30. The minimum Gasteiger partial charge on any atom is -0.259 e. The van der Waals surface area contributed by atoms with Crippen molar-refractivity contribution in [3.8, 4) is 0 Å². The Labute approximate surface area is 85.9 Å². The van der Waals surface area contributed by atoms with Crippen LogP contribution in [0, 0.1) is 0 Å². The lowest BCUT2D eigenvalue weighted by Gasteiger charge is -2.11. The first-order valence-corrected chi connectivity index (χ1v) is 4.32.